The van der Waals surface area contributed by atoms with Crippen molar-refractivity contribution in [1.29, 1.82) is 5.26 Å². The maximum Gasteiger partial charge on any atom is 0.258 e. The molecule has 2 heterocycles. The lowest BCUT2D eigenvalue weighted by Crippen LogP contribution is -2.44. The first-order valence-corrected chi connectivity index (χ1v) is 8.13. The van der Waals surface area contributed by atoms with Crippen LogP contribution in [-0.2, 0) is 13.5 Å². The van der Waals surface area contributed by atoms with Gasteiger partial charge in [0.2, 0.25) is 0 Å². The van der Waals surface area contributed by atoms with Gasteiger partial charge in [0.25, 0.3) is 5.56 Å². The van der Waals surface area contributed by atoms with Gasteiger partial charge in [-0.2, -0.15) is 5.26 Å². The molecule has 6 heteroatoms. The molecule has 3 rings (SSSR count). The first-order valence-electron chi connectivity index (χ1n) is 8.13. The standard InChI is InChI=1S/C18H21N5O/c1-22-12-21-17(23-8-4-7-15(20)11-23)16(18(22)24)9-13-5-2-3-6-14(13)10-19/h2-3,5-6,12,15H,4,7-9,11,20H2,1H3. The Morgan fingerprint density at radius 3 is 2.96 bits per heavy atom. The van der Waals surface area contributed by atoms with Crippen molar-refractivity contribution in [1.82, 2.24) is 9.55 Å². The quantitative estimate of drug-likeness (QED) is 0.916. The predicted molar refractivity (Wildman–Crippen MR) is 92.9 cm³/mol. The molecule has 1 fully saturated rings. The van der Waals surface area contributed by atoms with E-state index in [4.69, 9.17) is 5.73 Å². The lowest BCUT2D eigenvalue weighted by molar-refractivity contribution is 0.501. The molecule has 6 nitrogen and oxygen atoms in total. The third-order valence-corrected chi connectivity index (χ3v) is 4.46. The van der Waals surface area contributed by atoms with Crippen LogP contribution < -0.4 is 16.2 Å². The number of hydrogen-bond donors (Lipinski definition) is 1. The summed E-state index contributed by atoms with van der Waals surface area (Å²) in [6.07, 6.45) is 3.93. The third-order valence-electron chi connectivity index (χ3n) is 4.46. The van der Waals surface area contributed by atoms with Crippen LogP contribution in [0.3, 0.4) is 0 Å². The highest BCUT2D eigenvalue weighted by Crippen LogP contribution is 2.22. The zero-order valence-electron chi connectivity index (χ0n) is 13.8. The monoisotopic (exact) mass is 323 g/mol. The van der Waals surface area contributed by atoms with E-state index in [-0.39, 0.29) is 11.6 Å². The van der Waals surface area contributed by atoms with Crippen LogP contribution in [-0.4, -0.2) is 28.7 Å². The van der Waals surface area contributed by atoms with E-state index in [9.17, 15) is 10.1 Å². The second-order valence-corrected chi connectivity index (χ2v) is 6.26. The van der Waals surface area contributed by atoms with Gasteiger partial charge in [0.1, 0.15) is 5.82 Å². The average Bonchev–Trinajstić information content (AvgIpc) is 2.59. The molecule has 2 N–H and O–H groups in total. The number of rotatable bonds is 3. The van der Waals surface area contributed by atoms with Crippen LogP contribution in [0.15, 0.2) is 35.4 Å². The Balaban J connectivity index is 2.04. The summed E-state index contributed by atoms with van der Waals surface area (Å²) in [5, 5.41) is 9.30. The number of anilines is 1. The van der Waals surface area contributed by atoms with Crippen LogP contribution in [0.2, 0.25) is 0 Å². The zero-order chi connectivity index (χ0) is 17.1. The van der Waals surface area contributed by atoms with Crippen LogP contribution in [0.25, 0.3) is 0 Å². The van der Waals surface area contributed by atoms with Crippen LogP contribution in [0, 0.1) is 11.3 Å². The maximum absolute atomic E-state index is 12.7. The van der Waals surface area contributed by atoms with Crippen molar-refractivity contribution >= 4 is 5.82 Å². The molecule has 1 aliphatic heterocycles. The maximum atomic E-state index is 12.7. The summed E-state index contributed by atoms with van der Waals surface area (Å²) in [7, 11) is 1.70. The molecule has 24 heavy (non-hydrogen) atoms. The zero-order valence-corrected chi connectivity index (χ0v) is 13.8. The van der Waals surface area contributed by atoms with Crippen molar-refractivity contribution in [2.24, 2.45) is 12.8 Å². The Bertz CT molecular complexity index is 836. The van der Waals surface area contributed by atoms with Crippen molar-refractivity contribution in [3.8, 4) is 6.07 Å². The molecule has 0 radical (unpaired) electrons. The number of nitriles is 1. The summed E-state index contributed by atoms with van der Waals surface area (Å²) >= 11 is 0. The first-order chi connectivity index (χ1) is 11.6. The molecule has 0 spiro atoms. The van der Waals surface area contributed by atoms with Crippen molar-refractivity contribution < 1.29 is 0 Å². The van der Waals surface area contributed by atoms with Gasteiger partial charge >= 0.3 is 0 Å². The fourth-order valence-corrected chi connectivity index (χ4v) is 3.18. The van der Waals surface area contributed by atoms with Gasteiger partial charge in [0.15, 0.2) is 0 Å². The summed E-state index contributed by atoms with van der Waals surface area (Å²) in [5.41, 5.74) is 8.06. The number of hydrogen-bond acceptors (Lipinski definition) is 5. The number of nitrogens with zero attached hydrogens (tertiary/aromatic N) is 4. The molecule has 0 saturated carbocycles. The predicted octanol–water partition coefficient (Wildman–Crippen LogP) is 1.17. The first kappa shape index (κ1) is 16.2. The van der Waals surface area contributed by atoms with Gasteiger partial charge in [-0.25, -0.2) is 4.98 Å². The lowest BCUT2D eigenvalue weighted by Gasteiger charge is -2.32. The van der Waals surface area contributed by atoms with E-state index in [1.165, 1.54) is 4.57 Å². The fourth-order valence-electron chi connectivity index (χ4n) is 3.18. The fraction of sp³-hybridized carbons (Fsp3) is 0.389. The second kappa shape index (κ2) is 6.85. The third kappa shape index (κ3) is 3.17. The lowest BCUT2D eigenvalue weighted by atomic mass is 10.00. The van der Waals surface area contributed by atoms with Crippen LogP contribution in [0.4, 0.5) is 5.82 Å². The molecular formula is C18H21N5O. The molecule has 1 atom stereocenters. The molecule has 124 valence electrons. The highest BCUT2D eigenvalue weighted by molar-refractivity contribution is 5.50. The number of piperidine rings is 1. The van der Waals surface area contributed by atoms with Crippen molar-refractivity contribution in [2.45, 2.75) is 25.3 Å². The Morgan fingerprint density at radius 2 is 2.21 bits per heavy atom. The number of benzene rings is 1. The van der Waals surface area contributed by atoms with E-state index in [2.05, 4.69) is 16.0 Å². The number of aryl methyl sites for hydroxylation is 1. The number of aromatic nitrogens is 2. The van der Waals surface area contributed by atoms with Gasteiger partial charge in [-0.3, -0.25) is 4.79 Å². The molecular weight excluding hydrogens is 302 g/mol. The van der Waals surface area contributed by atoms with Crippen LogP contribution in [0.5, 0.6) is 0 Å². The van der Waals surface area contributed by atoms with Gasteiger partial charge in [0.05, 0.1) is 23.5 Å². The summed E-state index contributed by atoms with van der Waals surface area (Å²) in [5.74, 6) is 0.695. The topological polar surface area (TPSA) is 87.9 Å². The molecule has 1 unspecified atom stereocenters. The van der Waals surface area contributed by atoms with Crippen LogP contribution in [0.1, 0.15) is 29.5 Å². The smallest absolute Gasteiger partial charge is 0.258 e. The minimum Gasteiger partial charge on any atom is -0.355 e. The van der Waals surface area contributed by atoms with Gasteiger partial charge in [-0.1, -0.05) is 18.2 Å². The van der Waals surface area contributed by atoms with E-state index in [1.54, 1.807) is 19.4 Å². The van der Waals surface area contributed by atoms with Gasteiger partial charge in [0, 0.05) is 32.6 Å². The highest BCUT2D eigenvalue weighted by atomic mass is 16.1. The van der Waals surface area contributed by atoms with E-state index in [1.807, 2.05) is 18.2 Å². The largest absolute Gasteiger partial charge is 0.355 e. The Labute approximate surface area is 141 Å². The van der Waals surface area contributed by atoms with Gasteiger partial charge < -0.3 is 15.2 Å². The van der Waals surface area contributed by atoms with E-state index >= 15 is 0 Å². The normalized spacial score (nSPS) is 17.5. The molecule has 0 bridgehead atoms. The summed E-state index contributed by atoms with van der Waals surface area (Å²) in [4.78, 5) is 19.3. The van der Waals surface area contributed by atoms with Crippen LogP contribution >= 0.6 is 0 Å². The minimum absolute atomic E-state index is 0.0770. The average molecular weight is 323 g/mol. The molecule has 0 aliphatic carbocycles. The SMILES string of the molecule is Cn1cnc(N2CCCC(N)C2)c(Cc2ccccc2C#N)c1=O. The Kier molecular flexibility index (Phi) is 4.63. The van der Waals surface area contributed by atoms with E-state index in [0.717, 1.165) is 24.9 Å². The molecule has 1 aliphatic rings. The molecule has 1 aromatic heterocycles. The van der Waals surface area contributed by atoms with Gasteiger partial charge in [-0.05, 0) is 24.5 Å². The molecule has 1 aromatic carbocycles. The molecule has 1 saturated heterocycles. The molecule has 2 aromatic rings. The van der Waals surface area contributed by atoms with Crippen molar-refractivity contribution in [3.05, 3.63) is 57.6 Å². The van der Waals surface area contributed by atoms with Crippen molar-refractivity contribution in [2.75, 3.05) is 18.0 Å². The highest BCUT2D eigenvalue weighted by Gasteiger charge is 2.23. The Hall–Kier alpha value is -2.65. The minimum atomic E-state index is -0.0770. The summed E-state index contributed by atoms with van der Waals surface area (Å²) < 4.78 is 1.48. The second-order valence-electron chi connectivity index (χ2n) is 6.26. The van der Waals surface area contributed by atoms with Gasteiger partial charge in [-0.15, -0.1) is 0 Å². The molecule has 0 amide bonds. The van der Waals surface area contributed by atoms with E-state index < -0.39 is 0 Å². The Morgan fingerprint density at radius 1 is 1.42 bits per heavy atom. The van der Waals surface area contributed by atoms with Crippen molar-refractivity contribution in [3.63, 3.8) is 0 Å². The summed E-state index contributed by atoms with van der Waals surface area (Å²) in [6, 6.07) is 9.66. The van der Waals surface area contributed by atoms with E-state index in [0.29, 0.717) is 29.9 Å². The summed E-state index contributed by atoms with van der Waals surface area (Å²) in [6.45, 7) is 1.55. The number of nitrogens with two attached hydrogens (primary N) is 1.